The first-order valence-electron chi connectivity index (χ1n) is 7.31. The first kappa shape index (κ1) is 15.9. The number of ether oxygens (including phenoxy) is 2. The Hall–Kier alpha value is -2.49. The van der Waals surface area contributed by atoms with Crippen molar-refractivity contribution in [2.45, 2.75) is 19.4 Å². The van der Waals surface area contributed by atoms with Crippen LogP contribution in [0.4, 0.5) is 0 Å². The van der Waals surface area contributed by atoms with E-state index in [4.69, 9.17) is 9.47 Å². The molecule has 0 radical (unpaired) electrons. The summed E-state index contributed by atoms with van der Waals surface area (Å²) in [7, 11) is 1.61. The van der Waals surface area contributed by atoms with Gasteiger partial charge < -0.3 is 14.8 Å². The molecule has 0 saturated heterocycles. The lowest BCUT2D eigenvalue weighted by atomic mass is 10.1. The van der Waals surface area contributed by atoms with Gasteiger partial charge in [0.15, 0.2) is 6.10 Å². The molecule has 22 heavy (non-hydrogen) atoms. The highest BCUT2D eigenvalue weighted by Gasteiger charge is 2.13. The van der Waals surface area contributed by atoms with Crippen molar-refractivity contribution in [3.05, 3.63) is 60.2 Å². The zero-order valence-corrected chi connectivity index (χ0v) is 12.9. The SMILES string of the molecule is COc1ccc(OC(C)C(=O)NCCc2ccccc2)cc1. The van der Waals surface area contributed by atoms with E-state index in [-0.39, 0.29) is 5.91 Å². The molecule has 0 saturated carbocycles. The first-order valence-corrected chi connectivity index (χ1v) is 7.31. The van der Waals surface area contributed by atoms with Crippen LogP contribution in [0.25, 0.3) is 0 Å². The van der Waals surface area contributed by atoms with Crippen LogP contribution in [0.3, 0.4) is 0 Å². The summed E-state index contributed by atoms with van der Waals surface area (Å²) in [6, 6.07) is 17.2. The summed E-state index contributed by atoms with van der Waals surface area (Å²) >= 11 is 0. The fraction of sp³-hybridized carbons (Fsp3) is 0.278. The molecule has 2 aromatic carbocycles. The van der Waals surface area contributed by atoms with Gasteiger partial charge in [0.2, 0.25) is 0 Å². The molecule has 2 aromatic rings. The van der Waals surface area contributed by atoms with Gasteiger partial charge in [0.1, 0.15) is 11.5 Å². The summed E-state index contributed by atoms with van der Waals surface area (Å²) in [5, 5.41) is 2.89. The van der Waals surface area contributed by atoms with E-state index in [1.54, 1.807) is 38.3 Å². The van der Waals surface area contributed by atoms with Crippen LogP contribution in [0.15, 0.2) is 54.6 Å². The molecule has 0 aliphatic heterocycles. The van der Waals surface area contributed by atoms with E-state index in [0.717, 1.165) is 12.2 Å². The molecular formula is C18H21NO3. The van der Waals surface area contributed by atoms with Gasteiger partial charge in [-0.2, -0.15) is 0 Å². The van der Waals surface area contributed by atoms with Gasteiger partial charge in [0.05, 0.1) is 7.11 Å². The molecule has 0 aromatic heterocycles. The third-order valence-electron chi connectivity index (χ3n) is 3.30. The van der Waals surface area contributed by atoms with Gasteiger partial charge in [-0.3, -0.25) is 4.79 Å². The number of carbonyl (C=O) groups excluding carboxylic acids is 1. The predicted molar refractivity (Wildman–Crippen MR) is 86.2 cm³/mol. The van der Waals surface area contributed by atoms with E-state index in [0.29, 0.717) is 12.3 Å². The summed E-state index contributed by atoms with van der Waals surface area (Å²) in [5.74, 6) is 1.28. The normalized spacial score (nSPS) is 11.5. The number of hydrogen-bond acceptors (Lipinski definition) is 3. The van der Waals surface area contributed by atoms with Gasteiger partial charge in [-0.25, -0.2) is 0 Å². The van der Waals surface area contributed by atoms with Crippen molar-refractivity contribution < 1.29 is 14.3 Å². The van der Waals surface area contributed by atoms with Gasteiger partial charge in [-0.1, -0.05) is 30.3 Å². The molecule has 4 heteroatoms. The zero-order valence-electron chi connectivity index (χ0n) is 12.9. The molecule has 4 nitrogen and oxygen atoms in total. The maximum atomic E-state index is 12.0. The zero-order chi connectivity index (χ0) is 15.8. The monoisotopic (exact) mass is 299 g/mol. The highest BCUT2D eigenvalue weighted by atomic mass is 16.5. The average molecular weight is 299 g/mol. The van der Waals surface area contributed by atoms with Gasteiger partial charge in [0, 0.05) is 6.54 Å². The lowest BCUT2D eigenvalue weighted by Gasteiger charge is -2.15. The second kappa shape index (κ2) is 8.08. The van der Waals surface area contributed by atoms with Crippen molar-refractivity contribution in [3.63, 3.8) is 0 Å². The Morgan fingerprint density at radius 1 is 1.05 bits per heavy atom. The quantitative estimate of drug-likeness (QED) is 0.855. The van der Waals surface area contributed by atoms with Crippen molar-refractivity contribution in [1.82, 2.24) is 5.32 Å². The minimum atomic E-state index is -0.538. The molecule has 0 aliphatic carbocycles. The van der Waals surface area contributed by atoms with Gasteiger partial charge in [0.25, 0.3) is 5.91 Å². The second-order valence-electron chi connectivity index (χ2n) is 4.96. The predicted octanol–water partition coefficient (Wildman–Crippen LogP) is 2.82. The van der Waals surface area contributed by atoms with Crippen LogP contribution < -0.4 is 14.8 Å². The molecule has 1 atom stereocenters. The molecule has 1 N–H and O–H groups in total. The number of amides is 1. The third kappa shape index (κ3) is 4.81. The largest absolute Gasteiger partial charge is 0.497 e. The van der Waals surface area contributed by atoms with Crippen molar-refractivity contribution in [2.75, 3.05) is 13.7 Å². The molecule has 0 spiro atoms. The van der Waals surface area contributed by atoms with E-state index >= 15 is 0 Å². The van der Waals surface area contributed by atoms with E-state index < -0.39 is 6.10 Å². The van der Waals surface area contributed by atoms with E-state index in [2.05, 4.69) is 5.32 Å². The van der Waals surface area contributed by atoms with Crippen LogP contribution in [0.5, 0.6) is 11.5 Å². The van der Waals surface area contributed by atoms with Crippen molar-refractivity contribution in [1.29, 1.82) is 0 Å². The number of hydrogen-bond donors (Lipinski definition) is 1. The fourth-order valence-electron chi connectivity index (χ4n) is 2.03. The number of benzene rings is 2. The Balaban J connectivity index is 1.76. The highest BCUT2D eigenvalue weighted by Crippen LogP contribution is 2.18. The molecule has 0 fully saturated rings. The summed E-state index contributed by atoms with van der Waals surface area (Å²) in [4.78, 5) is 12.0. The maximum absolute atomic E-state index is 12.0. The van der Waals surface area contributed by atoms with Crippen molar-refractivity contribution in [2.24, 2.45) is 0 Å². The Labute approximate surface area is 131 Å². The Morgan fingerprint density at radius 3 is 2.32 bits per heavy atom. The summed E-state index contributed by atoms with van der Waals surface area (Å²) in [5.41, 5.74) is 1.20. The summed E-state index contributed by atoms with van der Waals surface area (Å²) in [6.45, 7) is 2.33. The smallest absolute Gasteiger partial charge is 0.260 e. The molecule has 116 valence electrons. The standard InChI is InChI=1S/C18H21NO3/c1-14(22-17-10-8-16(21-2)9-11-17)18(20)19-13-12-15-6-4-3-5-7-15/h3-11,14H,12-13H2,1-2H3,(H,19,20). The highest BCUT2D eigenvalue weighted by molar-refractivity contribution is 5.80. The molecule has 1 amide bonds. The molecule has 0 aliphatic rings. The molecule has 0 bridgehead atoms. The van der Waals surface area contributed by atoms with Crippen molar-refractivity contribution >= 4 is 5.91 Å². The molecule has 2 rings (SSSR count). The van der Waals surface area contributed by atoms with Gasteiger partial charge in [-0.15, -0.1) is 0 Å². The van der Waals surface area contributed by atoms with Crippen LogP contribution in [-0.4, -0.2) is 25.7 Å². The van der Waals surface area contributed by atoms with Crippen LogP contribution in [0, 0.1) is 0 Å². The van der Waals surface area contributed by atoms with Crippen LogP contribution in [0.1, 0.15) is 12.5 Å². The van der Waals surface area contributed by atoms with E-state index in [1.165, 1.54) is 5.56 Å². The van der Waals surface area contributed by atoms with Crippen LogP contribution in [0.2, 0.25) is 0 Å². The van der Waals surface area contributed by atoms with E-state index in [9.17, 15) is 4.79 Å². The lowest BCUT2D eigenvalue weighted by Crippen LogP contribution is -2.37. The number of methoxy groups -OCH3 is 1. The fourth-order valence-corrected chi connectivity index (χ4v) is 2.03. The van der Waals surface area contributed by atoms with Gasteiger partial charge >= 0.3 is 0 Å². The molecule has 0 heterocycles. The second-order valence-corrected chi connectivity index (χ2v) is 4.96. The minimum Gasteiger partial charge on any atom is -0.497 e. The summed E-state index contributed by atoms with van der Waals surface area (Å²) in [6.07, 6.45) is 0.270. The Bertz CT molecular complexity index is 581. The Morgan fingerprint density at radius 2 is 1.68 bits per heavy atom. The third-order valence-corrected chi connectivity index (χ3v) is 3.30. The number of rotatable bonds is 7. The van der Waals surface area contributed by atoms with Crippen LogP contribution >= 0.6 is 0 Å². The van der Waals surface area contributed by atoms with Crippen LogP contribution in [-0.2, 0) is 11.2 Å². The lowest BCUT2D eigenvalue weighted by molar-refractivity contribution is -0.127. The van der Waals surface area contributed by atoms with E-state index in [1.807, 2.05) is 30.3 Å². The first-order chi connectivity index (χ1) is 10.7. The average Bonchev–Trinajstić information content (AvgIpc) is 2.56. The molecular weight excluding hydrogens is 278 g/mol. The molecule has 1 unspecified atom stereocenters. The number of nitrogens with one attached hydrogen (secondary N) is 1. The Kier molecular flexibility index (Phi) is 5.83. The van der Waals surface area contributed by atoms with Crippen molar-refractivity contribution in [3.8, 4) is 11.5 Å². The topological polar surface area (TPSA) is 47.6 Å². The minimum absolute atomic E-state index is 0.119. The number of carbonyl (C=O) groups is 1. The van der Waals surface area contributed by atoms with Gasteiger partial charge in [-0.05, 0) is 43.2 Å². The maximum Gasteiger partial charge on any atom is 0.260 e. The summed E-state index contributed by atoms with van der Waals surface area (Å²) < 4.78 is 10.7.